The average molecular weight is 245 g/mol. The smallest absolute Gasteiger partial charge is 0.130 e. The van der Waals surface area contributed by atoms with Gasteiger partial charge in [0.2, 0.25) is 0 Å². The summed E-state index contributed by atoms with van der Waals surface area (Å²) >= 11 is -2.20. The standard InChI is InChI=1S/C10H14O5S/c1-13-7-4-9(14-2)8(6-16(11)12)10(5-7)15-3/h4-5H,6H2,1-3H3,(H,11,12)/p-1. The molecule has 5 nitrogen and oxygen atoms in total. The molecule has 0 heterocycles. The lowest BCUT2D eigenvalue weighted by Gasteiger charge is -2.15. The van der Waals surface area contributed by atoms with E-state index in [1.54, 1.807) is 12.1 Å². The first-order valence-electron chi connectivity index (χ1n) is 4.47. The minimum Gasteiger partial charge on any atom is -0.772 e. The van der Waals surface area contributed by atoms with Gasteiger partial charge in [0.1, 0.15) is 17.2 Å². The first kappa shape index (κ1) is 12.8. The van der Waals surface area contributed by atoms with Gasteiger partial charge in [0.25, 0.3) is 0 Å². The summed E-state index contributed by atoms with van der Waals surface area (Å²) in [5.41, 5.74) is 0.485. The summed E-state index contributed by atoms with van der Waals surface area (Å²) in [6, 6.07) is 3.23. The fourth-order valence-corrected chi connectivity index (χ4v) is 1.86. The zero-order valence-corrected chi connectivity index (χ0v) is 10.1. The molecule has 0 radical (unpaired) electrons. The Morgan fingerprint density at radius 3 is 1.94 bits per heavy atom. The van der Waals surface area contributed by atoms with E-state index in [1.807, 2.05) is 0 Å². The summed E-state index contributed by atoms with van der Waals surface area (Å²) in [6.07, 6.45) is 0. The van der Waals surface area contributed by atoms with Crippen LogP contribution in [-0.4, -0.2) is 30.1 Å². The molecule has 0 bridgehead atoms. The number of benzene rings is 1. The Bertz CT molecular complexity index is 366. The average Bonchev–Trinajstić information content (AvgIpc) is 2.28. The zero-order chi connectivity index (χ0) is 12.1. The van der Waals surface area contributed by atoms with Gasteiger partial charge in [-0.2, -0.15) is 0 Å². The lowest BCUT2D eigenvalue weighted by molar-refractivity contribution is 0.370. The monoisotopic (exact) mass is 245 g/mol. The SMILES string of the molecule is COc1cc(OC)c(CS(=O)[O-])c(OC)c1. The molecule has 0 saturated carbocycles. The van der Waals surface area contributed by atoms with Crippen molar-refractivity contribution in [3.8, 4) is 17.2 Å². The van der Waals surface area contributed by atoms with E-state index in [9.17, 15) is 8.76 Å². The van der Waals surface area contributed by atoms with Gasteiger partial charge in [0.15, 0.2) is 0 Å². The number of ether oxygens (including phenoxy) is 3. The van der Waals surface area contributed by atoms with Crippen LogP contribution < -0.4 is 14.2 Å². The molecule has 0 aliphatic carbocycles. The molecule has 0 aliphatic heterocycles. The van der Waals surface area contributed by atoms with Crippen molar-refractivity contribution in [3.63, 3.8) is 0 Å². The second kappa shape index (κ2) is 5.72. The summed E-state index contributed by atoms with van der Waals surface area (Å²) in [6.45, 7) is 0. The molecule has 0 spiro atoms. The van der Waals surface area contributed by atoms with Crippen LogP contribution in [0, 0.1) is 0 Å². The van der Waals surface area contributed by atoms with E-state index in [1.165, 1.54) is 21.3 Å². The normalized spacial score (nSPS) is 12.0. The van der Waals surface area contributed by atoms with Crippen LogP contribution in [0.3, 0.4) is 0 Å². The van der Waals surface area contributed by atoms with Crippen LogP contribution >= 0.6 is 0 Å². The number of rotatable bonds is 5. The second-order valence-electron chi connectivity index (χ2n) is 2.96. The Kier molecular flexibility index (Phi) is 4.57. The maximum Gasteiger partial charge on any atom is 0.130 e. The van der Waals surface area contributed by atoms with Crippen LogP contribution in [0.5, 0.6) is 17.2 Å². The van der Waals surface area contributed by atoms with E-state index in [-0.39, 0.29) is 5.75 Å². The van der Waals surface area contributed by atoms with Crippen LogP contribution in [0.25, 0.3) is 0 Å². The highest BCUT2D eigenvalue weighted by Gasteiger charge is 2.12. The minimum atomic E-state index is -2.20. The van der Waals surface area contributed by atoms with Gasteiger partial charge >= 0.3 is 0 Å². The van der Waals surface area contributed by atoms with Gasteiger partial charge < -0.3 is 18.8 Å². The van der Waals surface area contributed by atoms with Crippen molar-refractivity contribution >= 4 is 11.1 Å². The number of hydrogen-bond acceptors (Lipinski definition) is 5. The van der Waals surface area contributed by atoms with Crippen LogP contribution in [0.1, 0.15) is 5.56 Å². The van der Waals surface area contributed by atoms with Crippen molar-refractivity contribution in [1.29, 1.82) is 0 Å². The van der Waals surface area contributed by atoms with Gasteiger partial charge in [0.05, 0.1) is 21.3 Å². The quantitative estimate of drug-likeness (QED) is 0.726. The van der Waals surface area contributed by atoms with Crippen molar-refractivity contribution in [3.05, 3.63) is 17.7 Å². The molecular weight excluding hydrogens is 232 g/mol. The molecule has 1 atom stereocenters. The molecule has 1 aromatic rings. The molecule has 0 aliphatic rings. The molecule has 0 aromatic heterocycles. The molecule has 1 aromatic carbocycles. The van der Waals surface area contributed by atoms with Crippen molar-refractivity contribution in [2.45, 2.75) is 5.75 Å². The predicted octanol–water partition coefficient (Wildman–Crippen LogP) is 1.09. The Hall–Kier alpha value is -1.27. The molecule has 1 rings (SSSR count). The Morgan fingerprint density at radius 1 is 1.12 bits per heavy atom. The summed E-state index contributed by atoms with van der Waals surface area (Å²) in [5, 5.41) is 0. The topological polar surface area (TPSA) is 67.8 Å². The van der Waals surface area contributed by atoms with Gasteiger partial charge in [-0.05, 0) is 0 Å². The maximum absolute atomic E-state index is 10.7. The first-order valence-corrected chi connectivity index (χ1v) is 5.71. The molecule has 0 amide bonds. The van der Waals surface area contributed by atoms with Crippen molar-refractivity contribution in [2.24, 2.45) is 0 Å². The van der Waals surface area contributed by atoms with Crippen molar-refractivity contribution in [1.82, 2.24) is 0 Å². The fraction of sp³-hybridized carbons (Fsp3) is 0.400. The van der Waals surface area contributed by atoms with E-state index in [2.05, 4.69) is 0 Å². The van der Waals surface area contributed by atoms with Gasteiger partial charge in [0, 0.05) is 23.4 Å². The van der Waals surface area contributed by atoms with Gasteiger partial charge in [-0.25, -0.2) is 0 Å². The van der Waals surface area contributed by atoms with Crippen LogP contribution in [0.15, 0.2) is 12.1 Å². The molecule has 0 fully saturated rings. The largest absolute Gasteiger partial charge is 0.772 e. The van der Waals surface area contributed by atoms with Gasteiger partial charge in [-0.3, -0.25) is 4.21 Å². The van der Waals surface area contributed by atoms with E-state index in [4.69, 9.17) is 14.2 Å². The summed E-state index contributed by atoms with van der Waals surface area (Å²) < 4.78 is 36.7. The number of hydrogen-bond donors (Lipinski definition) is 0. The zero-order valence-electron chi connectivity index (χ0n) is 9.31. The highest BCUT2D eigenvalue weighted by atomic mass is 32.2. The fourth-order valence-electron chi connectivity index (χ4n) is 1.34. The van der Waals surface area contributed by atoms with Crippen LogP contribution in [0.2, 0.25) is 0 Å². The van der Waals surface area contributed by atoms with E-state index in [0.717, 1.165) is 0 Å². The van der Waals surface area contributed by atoms with Gasteiger partial charge in [-0.1, -0.05) is 11.1 Å². The number of methoxy groups -OCH3 is 3. The molecule has 0 N–H and O–H groups in total. The van der Waals surface area contributed by atoms with Crippen molar-refractivity contribution in [2.75, 3.05) is 21.3 Å². The summed E-state index contributed by atoms with van der Waals surface area (Å²) in [4.78, 5) is 0. The maximum atomic E-state index is 10.7. The highest BCUT2D eigenvalue weighted by Crippen LogP contribution is 2.34. The third-order valence-electron chi connectivity index (χ3n) is 2.08. The van der Waals surface area contributed by atoms with Crippen LogP contribution in [-0.2, 0) is 16.8 Å². The molecule has 0 saturated heterocycles. The lowest BCUT2D eigenvalue weighted by Crippen LogP contribution is -2.01. The molecule has 90 valence electrons. The molecule has 16 heavy (non-hydrogen) atoms. The Balaban J connectivity index is 3.25. The summed E-state index contributed by atoms with van der Waals surface area (Å²) in [7, 11) is 4.44. The molecular formula is C10H13O5S-. The second-order valence-corrected chi connectivity index (χ2v) is 3.85. The highest BCUT2D eigenvalue weighted by molar-refractivity contribution is 7.78. The third kappa shape index (κ3) is 2.86. The third-order valence-corrected chi connectivity index (χ3v) is 2.60. The molecule has 1 unspecified atom stereocenters. The Morgan fingerprint density at radius 2 is 1.62 bits per heavy atom. The van der Waals surface area contributed by atoms with Crippen molar-refractivity contribution < 1.29 is 23.0 Å². The minimum absolute atomic E-state index is 0.156. The van der Waals surface area contributed by atoms with E-state index < -0.39 is 11.1 Å². The van der Waals surface area contributed by atoms with E-state index >= 15 is 0 Å². The Labute approximate surface area is 96.6 Å². The molecule has 6 heteroatoms. The van der Waals surface area contributed by atoms with E-state index in [0.29, 0.717) is 22.8 Å². The summed E-state index contributed by atoms with van der Waals surface area (Å²) in [5.74, 6) is 1.26. The predicted molar refractivity (Wildman–Crippen MR) is 58.7 cm³/mol. The lowest BCUT2D eigenvalue weighted by atomic mass is 10.2. The van der Waals surface area contributed by atoms with Crippen LogP contribution in [0.4, 0.5) is 0 Å². The first-order chi connectivity index (χ1) is 7.62. The van der Waals surface area contributed by atoms with Gasteiger partial charge in [-0.15, -0.1) is 0 Å².